The molecule has 114 valence electrons. The van der Waals surface area contributed by atoms with Crippen molar-refractivity contribution in [2.45, 2.75) is 19.4 Å². The Labute approximate surface area is 130 Å². The fourth-order valence-electron chi connectivity index (χ4n) is 1.46. The van der Waals surface area contributed by atoms with E-state index in [1.54, 1.807) is 13.0 Å². The molecule has 1 aromatic rings. The molecule has 1 rings (SSSR count). The van der Waals surface area contributed by atoms with Crippen molar-refractivity contribution in [1.29, 1.82) is 0 Å². The molecular weight excluding hydrogens is 321 g/mol. The van der Waals surface area contributed by atoms with Crippen molar-refractivity contribution in [2.24, 2.45) is 5.73 Å². The fourth-order valence-corrected chi connectivity index (χ4v) is 1.89. The quantitative estimate of drug-likeness (QED) is 0.655. The molecule has 0 heterocycles. The number of nitrogens with two attached hydrogens (primary N) is 1. The number of carbonyl (C=O) groups excluding carboxylic acids is 2. The van der Waals surface area contributed by atoms with Gasteiger partial charge >= 0.3 is 12.0 Å². The lowest BCUT2D eigenvalue weighted by Crippen LogP contribution is -2.45. The second kappa shape index (κ2) is 7.14. The minimum absolute atomic E-state index is 0.216. The third-order valence-electron chi connectivity index (χ3n) is 2.51. The number of urea groups is 1. The molecule has 0 radical (unpaired) electrons. The Hall–Kier alpha value is -1.99. The van der Waals surface area contributed by atoms with E-state index in [2.05, 4.69) is 10.6 Å². The molecule has 0 fully saturated rings. The van der Waals surface area contributed by atoms with Gasteiger partial charge in [0.1, 0.15) is 6.04 Å². The van der Waals surface area contributed by atoms with Gasteiger partial charge in [0.25, 0.3) is 0 Å². The smallest absolute Gasteiger partial charge is 0.326 e. The highest BCUT2D eigenvalue weighted by molar-refractivity contribution is 6.36. The molecule has 3 amide bonds. The van der Waals surface area contributed by atoms with E-state index in [0.717, 1.165) is 5.56 Å². The minimum atomic E-state index is -1.43. The van der Waals surface area contributed by atoms with Gasteiger partial charge in [0.2, 0.25) is 5.91 Å². The Kier molecular flexibility index (Phi) is 5.80. The SMILES string of the molecule is Cc1cc(Cl)c(NC(=O)N[C@@H](CC(N)=O)C(=O)O)cc1Cl. The molecule has 0 unspecified atom stereocenters. The summed E-state index contributed by atoms with van der Waals surface area (Å²) in [5, 5.41) is 14.0. The summed E-state index contributed by atoms with van der Waals surface area (Å²) in [5.41, 5.74) is 5.85. The average Bonchev–Trinajstić information content (AvgIpc) is 2.34. The molecule has 0 aliphatic rings. The van der Waals surface area contributed by atoms with Crippen LogP contribution in [-0.4, -0.2) is 29.1 Å². The first-order valence-corrected chi connectivity index (χ1v) is 6.50. The van der Waals surface area contributed by atoms with Gasteiger partial charge in [-0.05, 0) is 24.6 Å². The highest BCUT2D eigenvalue weighted by atomic mass is 35.5. The van der Waals surface area contributed by atoms with Crippen molar-refractivity contribution in [3.63, 3.8) is 0 Å². The number of carboxylic acids is 1. The van der Waals surface area contributed by atoms with Crippen LogP contribution in [0.4, 0.5) is 10.5 Å². The van der Waals surface area contributed by atoms with Gasteiger partial charge in [-0.2, -0.15) is 0 Å². The van der Waals surface area contributed by atoms with Gasteiger partial charge in [-0.1, -0.05) is 23.2 Å². The number of halogens is 2. The maximum atomic E-state index is 11.7. The molecule has 0 aromatic heterocycles. The number of carbonyl (C=O) groups is 3. The second-order valence-electron chi connectivity index (χ2n) is 4.24. The van der Waals surface area contributed by atoms with Gasteiger partial charge in [0.05, 0.1) is 17.1 Å². The summed E-state index contributed by atoms with van der Waals surface area (Å²) < 4.78 is 0. The molecule has 21 heavy (non-hydrogen) atoms. The fraction of sp³-hybridized carbons (Fsp3) is 0.250. The van der Waals surface area contributed by atoms with E-state index in [-0.39, 0.29) is 10.7 Å². The molecule has 0 spiro atoms. The zero-order valence-corrected chi connectivity index (χ0v) is 12.5. The van der Waals surface area contributed by atoms with Crippen molar-refractivity contribution < 1.29 is 19.5 Å². The monoisotopic (exact) mass is 333 g/mol. The third kappa shape index (κ3) is 5.13. The van der Waals surface area contributed by atoms with Crippen LogP contribution in [0.3, 0.4) is 0 Å². The molecular formula is C12H13Cl2N3O4. The molecule has 0 bridgehead atoms. The Morgan fingerprint density at radius 3 is 2.43 bits per heavy atom. The number of nitrogens with one attached hydrogen (secondary N) is 2. The van der Waals surface area contributed by atoms with Gasteiger partial charge in [-0.3, -0.25) is 4.79 Å². The number of hydrogen-bond acceptors (Lipinski definition) is 3. The van der Waals surface area contributed by atoms with Gasteiger partial charge in [0, 0.05) is 5.02 Å². The van der Waals surface area contributed by atoms with E-state index in [1.807, 2.05) is 0 Å². The van der Waals surface area contributed by atoms with Crippen LogP contribution in [0.5, 0.6) is 0 Å². The summed E-state index contributed by atoms with van der Waals surface area (Å²) in [7, 11) is 0. The first-order chi connectivity index (χ1) is 9.70. The van der Waals surface area contributed by atoms with Crippen LogP contribution in [0, 0.1) is 6.92 Å². The van der Waals surface area contributed by atoms with E-state index >= 15 is 0 Å². The first-order valence-electron chi connectivity index (χ1n) is 5.75. The summed E-state index contributed by atoms with van der Waals surface area (Å²) in [5.74, 6) is -2.23. The molecule has 0 saturated carbocycles. The Morgan fingerprint density at radius 1 is 1.29 bits per heavy atom. The maximum Gasteiger partial charge on any atom is 0.326 e. The second-order valence-corrected chi connectivity index (χ2v) is 5.06. The summed E-state index contributed by atoms with van der Waals surface area (Å²) >= 11 is 11.8. The van der Waals surface area contributed by atoms with Crippen molar-refractivity contribution in [2.75, 3.05) is 5.32 Å². The van der Waals surface area contributed by atoms with E-state index in [1.165, 1.54) is 6.07 Å². The van der Waals surface area contributed by atoms with Crippen LogP contribution in [0.1, 0.15) is 12.0 Å². The van der Waals surface area contributed by atoms with Crippen LogP contribution in [0.25, 0.3) is 0 Å². The summed E-state index contributed by atoms with van der Waals surface area (Å²) in [6.45, 7) is 1.74. The third-order valence-corrected chi connectivity index (χ3v) is 3.23. The van der Waals surface area contributed by atoms with Crippen molar-refractivity contribution in [3.05, 3.63) is 27.7 Å². The van der Waals surface area contributed by atoms with Gasteiger partial charge in [-0.15, -0.1) is 0 Å². The van der Waals surface area contributed by atoms with Crippen LogP contribution in [-0.2, 0) is 9.59 Å². The number of carboxylic acid groups (broad SMARTS) is 1. The number of hydrogen-bond donors (Lipinski definition) is 4. The molecule has 0 saturated heterocycles. The molecule has 7 nitrogen and oxygen atoms in total. The highest BCUT2D eigenvalue weighted by Crippen LogP contribution is 2.28. The molecule has 1 aromatic carbocycles. The zero-order chi connectivity index (χ0) is 16.2. The van der Waals surface area contributed by atoms with E-state index in [4.69, 9.17) is 34.0 Å². The molecule has 1 atom stereocenters. The predicted molar refractivity (Wildman–Crippen MR) is 78.6 cm³/mol. The number of amides is 3. The Balaban J connectivity index is 2.79. The Morgan fingerprint density at radius 2 is 1.90 bits per heavy atom. The standard InChI is InChI=1S/C12H13Cl2N3O4/c1-5-2-7(14)8(3-6(5)13)16-12(21)17-9(11(19)20)4-10(15)18/h2-3,9H,4H2,1H3,(H2,15,18)(H,19,20)(H2,16,17,21)/t9-/m0/s1. The van der Waals surface area contributed by atoms with E-state index in [9.17, 15) is 14.4 Å². The van der Waals surface area contributed by atoms with Crippen molar-refractivity contribution in [1.82, 2.24) is 5.32 Å². The zero-order valence-electron chi connectivity index (χ0n) is 10.9. The number of benzene rings is 1. The lowest BCUT2D eigenvalue weighted by atomic mass is 10.2. The lowest BCUT2D eigenvalue weighted by Gasteiger charge is -2.14. The number of anilines is 1. The first kappa shape index (κ1) is 17.1. The largest absolute Gasteiger partial charge is 0.480 e. The minimum Gasteiger partial charge on any atom is -0.480 e. The predicted octanol–water partition coefficient (Wildman–Crippen LogP) is 1.75. The van der Waals surface area contributed by atoms with Gasteiger partial charge < -0.3 is 21.5 Å². The highest BCUT2D eigenvalue weighted by Gasteiger charge is 2.22. The van der Waals surface area contributed by atoms with Crippen LogP contribution < -0.4 is 16.4 Å². The van der Waals surface area contributed by atoms with Crippen molar-refractivity contribution >= 4 is 46.8 Å². The molecule has 9 heteroatoms. The number of aliphatic carboxylic acids is 1. The molecule has 0 aliphatic carbocycles. The van der Waals surface area contributed by atoms with Gasteiger partial charge in [0.15, 0.2) is 0 Å². The summed E-state index contributed by atoms with van der Waals surface area (Å²) in [6.07, 6.45) is -0.523. The topological polar surface area (TPSA) is 122 Å². The normalized spacial score (nSPS) is 11.6. The average molecular weight is 334 g/mol. The number of primary amides is 1. The van der Waals surface area contributed by atoms with Gasteiger partial charge in [-0.25, -0.2) is 9.59 Å². The van der Waals surface area contributed by atoms with E-state index in [0.29, 0.717) is 5.02 Å². The molecule has 5 N–H and O–H groups in total. The lowest BCUT2D eigenvalue weighted by molar-refractivity contribution is -0.140. The Bertz CT molecular complexity index is 592. The maximum absolute atomic E-state index is 11.7. The van der Waals surface area contributed by atoms with E-state index < -0.39 is 30.4 Å². The summed E-state index contributed by atoms with van der Waals surface area (Å²) in [6, 6.07) is 0.716. The van der Waals surface area contributed by atoms with Crippen LogP contribution in [0.2, 0.25) is 10.0 Å². The van der Waals surface area contributed by atoms with Crippen molar-refractivity contribution in [3.8, 4) is 0 Å². The molecule has 0 aliphatic heterocycles. The van der Waals surface area contributed by atoms with Crippen LogP contribution in [0.15, 0.2) is 12.1 Å². The summed E-state index contributed by atoms with van der Waals surface area (Å²) in [4.78, 5) is 33.3. The number of aryl methyl sites for hydroxylation is 1. The number of rotatable bonds is 5. The van der Waals surface area contributed by atoms with Crippen LogP contribution >= 0.6 is 23.2 Å².